The van der Waals surface area contributed by atoms with E-state index in [0.29, 0.717) is 22.3 Å². The van der Waals surface area contributed by atoms with E-state index in [0.717, 1.165) is 13.0 Å². The average Bonchev–Trinajstić information content (AvgIpc) is 2.50. The van der Waals surface area contributed by atoms with Crippen LogP contribution in [0.3, 0.4) is 0 Å². The Morgan fingerprint density at radius 3 is 2.77 bits per heavy atom. The number of nitrogens with zero attached hydrogens (tertiary/aromatic N) is 1. The molecular formula is C15H20N4O2S. The van der Waals surface area contributed by atoms with Crippen LogP contribution in [0.1, 0.15) is 25.8 Å². The molecule has 0 spiro atoms. The van der Waals surface area contributed by atoms with Crippen molar-refractivity contribution in [1.29, 1.82) is 5.26 Å². The van der Waals surface area contributed by atoms with E-state index in [2.05, 4.69) is 30.0 Å². The van der Waals surface area contributed by atoms with Gasteiger partial charge in [-0.15, -0.1) is 0 Å². The Morgan fingerprint density at radius 2 is 2.09 bits per heavy atom. The molecule has 0 heterocycles. The zero-order valence-electron chi connectivity index (χ0n) is 12.7. The van der Waals surface area contributed by atoms with E-state index in [-0.39, 0.29) is 12.5 Å². The Bertz CT molecular complexity index is 555. The molecule has 0 saturated carbocycles. The summed E-state index contributed by atoms with van der Waals surface area (Å²) in [6.45, 7) is 4.78. The lowest BCUT2D eigenvalue weighted by Crippen LogP contribution is -2.48. The quantitative estimate of drug-likeness (QED) is 0.544. The van der Waals surface area contributed by atoms with E-state index in [4.69, 9.17) is 22.2 Å². The average molecular weight is 320 g/mol. The summed E-state index contributed by atoms with van der Waals surface area (Å²) in [5.74, 6) is 0.567. The summed E-state index contributed by atoms with van der Waals surface area (Å²) < 4.78 is 5.30. The molecular weight excluding hydrogens is 300 g/mol. The van der Waals surface area contributed by atoms with E-state index in [1.165, 1.54) is 0 Å². The zero-order chi connectivity index (χ0) is 16.4. The molecule has 0 aliphatic carbocycles. The van der Waals surface area contributed by atoms with Crippen molar-refractivity contribution < 1.29 is 9.53 Å². The Balaban J connectivity index is 2.26. The van der Waals surface area contributed by atoms with Gasteiger partial charge in [-0.3, -0.25) is 15.6 Å². The number of benzene rings is 1. The van der Waals surface area contributed by atoms with Gasteiger partial charge < -0.3 is 10.1 Å². The number of para-hydroxylation sites is 1. The number of nitriles is 1. The van der Waals surface area contributed by atoms with Gasteiger partial charge in [-0.1, -0.05) is 26.0 Å². The number of hydrogen-bond donors (Lipinski definition) is 3. The van der Waals surface area contributed by atoms with Crippen LogP contribution in [0.5, 0.6) is 5.75 Å². The molecule has 0 fully saturated rings. The first-order valence-electron chi connectivity index (χ1n) is 6.97. The smallest absolute Gasteiger partial charge is 0.276 e. The van der Waals surface area contributed by atoms with Crippen LogP contribution < -0.4 is 20.9 Å². The summed E-state index contributed by atoms with van der Waals surface area (Å²) in [6.07, 6.45) is 0.990. The Morgan fingerprint density at radius 1 is 1.36 bits per heavy atom. The highest BCUT2D eigenvalue weighted by atomic mass is 32.1. The predicted octanol–water partition coefficient (Wildman–Crippen LogP) is 1.48. The van der Waals surface area contributed by atoms with Crippen LogP contribution in [0, 0.1) is 17.2 Å². The molecule has 0 atom stereocenters. The first kappa shape index (κ1) is 17.7. The van der Waals surface area contributed by atoms with E-state index in [9.17, 15) is 4.79 Å². The molecule has 0 bridgehead atoms. The number of amides is 1. The molecule has 0 aliphatic heterocycles. The van der Waals surface area contributed by atoms with Crippen LogP contribution >= 0.6 is 12.2 Å². The minimum atomic E-state index is -0.388. The van der Waals surface area contributed by atoms with Gasteiger partial charge in [0, 0.05) is 6.54 Å². The maximum atomic E-state index is 11.6. The second-order valence-corrected chi connectivity index (χ2v) is 5.42. The summed E-state index contributed by atoms with van der Waals surface area (Å²) >= 11 is 5.02. The van der Waals surface area contributed by atoms with Gasteiger partial charge in [0.2, 0.25) is 0 Å². The highest BCUT2D eigenvalue weighted by Gasteiger charge is 2.06. The second-order valence-electron chi connectivity index (χ2n) is 5.01. The molecule has 0 saturated heterocycles. The van der Waals surface area contributed by atoms with Gasteiger partial charge in [-0.25, -0.2) is 0 Å². The molecule has 6 nitrogen and oxygen atoms in total. The van der Waals surface area contributed by atoms with Gasteiger partial charge in [-0.2, -0.15) is 5.26 Å². The van der Waals surface area contributed by atoms with Crippen LogP contribution in [0.4, 0.5) is 0 Å². The number of hydrogen-bond acceptors (Lipinski definition) is 4. The Hall–Kier alpha value is -2.33. The number of thiocarbonyl (C=S) groups is 1. The molecule has 3 N–H and O–H groups in total. The third-order valence-electron chi connectivity index (χ3n) is 2.69. The normalized spacial score (nSPS) is 9.73. The van der Waals surface area contributed by atoms with Gasteiger partial charge in [0.25, 0.3) is 5.91 Å². The molecule has 0 aromatic heterocycles. The van der Waals surface area contributed by atoms with Gasteiger partial charge in [-0.05, 0) is 36.7 Å². The predicted molar refractivity (Wildman–Crippen MR) is 88.0 cm³/mol. The largest absolute Gasteiger partial charge is 0.482 e. The minimum absolute atomic E-state index is 0.208. The monoisotopic (exact) mass is 320 g/mol. The summed E-state index contributed by atoms with van der Waals surface area (Å²) in [5, 5.41) is 12.2. The Labute approximate surface area is 135 Å². The number of carbonyl (C=O) groups excluding carboxylic acids is 1. The van der Waals surface area contributed by atoms with Crippen LogP contribution in [0.15, 0.2) is 24.3 Å². The summed E-state index contributed by atoms with van der Waals surface area (Å²) in [5.41, 5.74) is 5.41. The summed E-state index contributed by atoms with van der Waals surface area (Å²) in [6, 6.07) is 8.73. The topological polar surface area (TPSA) is 86.2 Å². The fraction of sp³-hybridized carbons (Fsp3) is 0.400. The van der Waals surface area contributed by atoms with Crippen LogP contribution in [0.2, 0.25) is 0 Å². The van der Waals surface area contributed by atoms with Crippen molar-refractivity contribution in [2.24, 2.45) is 5.92 Å². The standard InChI is InChI=1S/C15H20N4O2S/c1-11(2)7-8-17-15(22)19-18-14(20)10-21-13-6-4-3-5-12(13)9-16/h3-6,11H,7-8,10H2,1-2H3,(H,18,20)(H2,17,19,22). The van der Waals surface area contributed by atoms with Crippen molar-refractivity contribution in [2.75, 3.05) is 13.2 Å². The number of ether oxygens (including phenoxy) is 1. The molecule has 0 aliphatic rings. The molecule has 0 radical (unpaired) electrons. The molecule has 1 amide bonds. The van der Waals surface area contributed by atoms with Crippen molar-refractivity contribution in [3.63, 3.8) is 0 Å². The maximum Gasteiger partial charge on any atom is 0.276 e. The molecule has 1 aromatic carbocycles. The fourth-order valence-electron chi connectivity index (χ4n) is 1.51. The van der Waals surface area contributed by atoms with Crippen LogP contribution in [0.25, 0.3) is 0 Å². The lowest BCUT2D eigenvalue weighted by molar-refractivity contribution is -0.123. The number of carbonyl (C=O) groups is 1. The lowest BCUT2D eigenvalue weighted by atomic mass is 10.1. The molecule has 7 heteroatoms. The van der Waals surface area contributed by atoms with Gasteiger partial charge in [0.15, 0.2) is 11.7 Å². The van der Waals surface area contributed by atoms with E-state index in [1.54, 1.807) is 24.3 Å². The lowest BCUT2D eigenvalue weighted by Gasteiger charge is -2.13. The van der Waals surface area contributed by atoms with Crippen LogP contribution in [-0.2, 0) is 4.79 Å². The number of rotatable bonds is 6. The second kappa shape index (κ2) is 9.58. The molecule has 1 rings (SSSR count). The zero-order valence-corrected chi connectivity index (χ0v) is 13.5. The van der Waals surface area contributed by atoms with Crippen molar-refractivity contribution in [2.45, 2.75) is 20.3 Å². The van der Waals surface area contributed by atoms with Gasteiger partial charge in [0.1, 0.15) is 11.8 Å². The first-order valence-corrected chi connectivity index (χ1v) is 7.38. The molecule has 0 unspecified atom stereocenters. The van der Waals surface area contributed by atoms with E-state index in [1.807, 2.05) is 6.07 Å². The number of hydrazine groups is 1. The Kier molecular flexibility index (Phi) is 7.72. The van der Waals surface area contributed by atoms with Crippen LogP contribution in [-0.4, -0.2) is 24.2 Å². The molecule has 22 heavy (non-hydrogen) atoms. The molecule has 1 aromatic rings. The minimum Gasteiger partial charge on any atom is -0.482 e. The van der Waals surface area contributed by atoms with E-state index < -0.39 is 0 Å². The SMILES string of the molecule is CC(C)CCNC(=S)NNC(=O)COc1ccccc1C#N. The van der Waals surface area contributed by atoms with E-state index >= 15 is 0 Å². The summed E-state index contributed by atoms with van der Waals surface area (Å²) in [7, 11) is 0. The molecule has 118 valence electrons. The highest BCUT2D eigenvalue weighted by Crippen LogP contribution is 2.15. The van der Waals surface area contributed by atoms with Crippen molar-refractivity contribution >= 4 is 23.2 Å². The van der Waals surface area contributed by atoms with Crippen molar-refractivity contribution in [1.82, 2.24) is 16.2 Å². The van der Waals surface area contributed by atoms with Gasteiger partial charge >= 0.3 is 0 Å². The fourth-order valence-corrected chi connectivity index (χ4v) is 1.66. The van der Waals surface area contributed by atoms with Gasteiger partial charge in [0.05, 0.1) is 5.56 Å². The third-order valence-corrected chi connectivity index (χ3v) is 2.94. The summed E-state index contributed by atoms with van der Waals surface area (Å²) in [4.78, 5) is 11.6. The third kappa shape index (κ3) is 6.90. The van der Waals surface area contributed by atoms with Crippen molar-refractivity contribution in [3.05, 3.63) is 29.8 Å². The highest BCUT2D eigenvalue weighted by molar-refractivity contribution is 7.80. The number of nitrogens with one attached hydrogen (secondary N) is 3. The maximum absolute atomic E-state index is 11.6. The van der Waals surface area contributed by atoms with Crippen molar-refractivity contribution in [3.8, 4) is 11.8 Å². The first-order chi connectivity index (χ1) is 10.5.